The monoisotopic (exact) mass is 312 g/mol. The summed E-state index contributed by atoms with van der Waals surface area (Å²) < 4.78 is 16.0. The second kappa shape index (κ2) is 7.40. The molecule has 1 fully saturated rings. The van der Waals surface area contributed by atoms with Gasteiger partial charge in [-0.3, -0.25) is 0 Å². The van der Waals surface area contributed by atoms with E-state index in [-0.39, 0.29) is 25.0 Å². The van der Waals surface area contributed by atoms with E-state index >= 15 is 0 Å². The van der Waals surface area contributed by atoms with E-state index in [0.29, 0.717) is 5.56 Å². The molecule has 2 aromatic rings. The van der Waals surface area contributed by atoms with E-state index in [1.54, 1.807) is 19.2 Å². The SMILES string of the molecule is CO[C@@H]1CC[C@@H](COC(=O)c2ccc(-c3ccccc3)cc2)O1. The molecule has 120 valence electrons. The molecule has 1 heterocycles. The zero-order chi connectivity index (χ0) is 16.1. The normalized spacial score (nSPS) is 20.4. The van der Waals surface area contributed by atoms with Crippen LogP contribution in [0.2, 0.25) is 0 Å². The molecule has 23 heavy (non-hydrogen) atoms. The molecule has 0 saturated carbocycles. The third-order valence-electron chi connectivity index (χ3n) is 3.96. The van der Waals surface area contributed by atoms with Crippen molar-refractivity contribution in [3.8, 4) is 11.1 Å². The summed E-state index contributed by atoms with van der Waals surface area (Å²) in [5.74, 6) is -0.325. The van der Waals surface area contributed by atoms with Gasteiger partial charge in [0.15, 0.2) is 6.29 Å². The summed E-state index contributed by atoms with van der Waals surface area (Å²) in [6, 6.07) is 17.5. The summed E-state index contributed by atoms with van der Waals surface area (Å²) in [6.07, 6.45) is 1.43. The average molecular weight is 312 g/mol. The second-order valence-electron chi connectivity index (χ2n) is 5.54. The third kappa shape index (κ3) is 3.97. The Morgan fingerprint density at radius 1 is 1.04 bits per heavy atom. The van der Waals surface area contributed by atoms with E-state index in [0.717, 1.165) is 24.0 Å². The van der Waals surface area contributed by atoms with Gasteiger partial charge in [-0.05, 0) is 29.7 Å². The van der Waals surface area contributed by atoms with Gasteiger partial charge >= 0.3 is 5.97 Å². The number of carbonyl (C=O) groups is 1. The summed E-state index contributed by atoms with van der Waals surface area (Å²) in [5, 5.41) is 0. The molecule has 2 aromatic carbocycles. The lowest BCUT2D eigenvalue weighted by Crippen LogP contribution is -2.20. The van der Waals surface area contributed by atoms with Gasteiger partial charge in [-0.25, -0.2) is 4.79 Å². The van der Waals surface area contributed by atoms with Crippen LogP contribution in [0.25, 0.3) is 11.1 Å². The molecule has 0 bridgehead atoms. The van der Waals surface area contributed by atoms with Crippen LogP contribution in [0.3, 0.4) is 0 Å². The van der Waals surface area contributed by atoms with Crippen LogP contribution >= 0.6 is 0 Å². The molecule has 4 nitrogen and oxygen atoms in total. The predicted molar refractivity (Wildman–Crippen MR) is 87.1 cm³/mol. The Bertz CT molecular complexity index is 636. The van der Waals surface area contributed by atoms with Crippen LogP contribution < -0.4 is 0 Å². The van der Waals surface area contributed by atoms with E-state index in [4.69, 9.17) is 14.2 Å². The molecule has 3 rings (SSSR count). The zero-order valence-electron chi connectivity index (χ0n) is 13.1. The number of carbonyl (C=O) groups excluding carboxylic acids is 1. The first-order valence-corrected chi connectivity index (χ1v) is 7.77. The summed E-state index contributed by atoms with van der Waals surface area (Å²) in [7, 11) is 1.62. The lowest BCUT2D eigenvalue weighted by Gasteiger charge is -2.12. The first-order valence-electron chi connectivity index (χ1n) is 7.77. The quantitative estimate of drug-likeness (QED) is 0.790. The van der Waals surface area contributed by atoms with Crippen LogP contribution in [0.4, 0.5) is 0 Å². The van der Waals surface area contributed by atoms with Gasteiger partial charge in [0.2, 0.25) is 0 Å². The topological polar surface area (TPSA) is 44.8 Å². The number of esters is 1. The summed E-state index contributed by atoms with van der Waals surface area (Å²) in [6.45, 7) is 0.263. The maximum absolute atomic E-state index is 12.1. The van der Waals surface area contributed by atoms with Crippen molar-refractivity contribution in [2.45, 2.75) is 25.2 Å². The van der Waals surface area contributed by atoms with Crippen molar-refractivity contribution >= 4 is 5.97 Å². The predicted octanol–water partition coefficient (Wildman–Crippen LogP) is 3.66. The lowest BCUT2D eigenvalue weighted by atomic mass is 10.0. The van der Waals surface area contributed by atoms with Crippen LogP contribution in [0.15, 0.2) is 54.6 Å². The largest absolute Gasteiger partial charge is 0.459 e. The lowest BCUT2D eigenvalue weighted by molar-refractivity contribution is -0.123. The van der Waals surface area contributed by atoms with Crippen molar-refractivity contribution in [1.82, 2.24) is 0 Å². The highest BCUT2D eigenvalue weighted by Gasteiger charge is 2.26. The average Bonchev–Trinajstić information content (AvgIpc) is 3.09. The van der Waals surface area contributed by atoms with Gasteiger partial charge in [0.1, 0.15) is 6.61 Å². The Labute approximate surface area is 136 Å². The van der Waals surface area contributed by atoms with E-state index < -0.39 is 0 Å². The van der Waals surface area contributed by atoms with Gasteiger partial charge in [-0.1, -0.05) is 42.5 Å². The third-order valence-corrected chi connectivity index (χ3v) is 3.96. The Morgan fingerprint density at radius 3 is 2.39 bits per heavy atom. The van der Waals surface area contributed by atoms with Crippen molar-refractivity contribution in [1.29, 1.82) is 0 Å². The van der Waals surface area contributed by atoms with Crippen LogP contribution in [-0.4, -0.2) is 32.1 Å². The molecule has 4 heteroatoms. The van der Waals surface area contributed by atoms with Gasteiger partial charge < -0.3 is 14.2 Å². The standard InChI is InChI=1S/C19H20O4/c1-21-18-12-11-17(23-18)13-22-19(20)16-9-7-15(8-10-16)14-5-3-2-4-6-14/h2-10,17-18H,11-13H2,1H3/t17-,18-/m0/s1. The van der Waals surface area contributed by atoms with Gasteiger partial charge in [-0.15, -0.1) is 0 Å². The Balaban J connectivity index is 1.56. The fraction of sp³-hybridized carbons (Fsp3) is 0.316. The summed E-state index contributed by atoms with van der Waals surface area (Å²) in [4.78, 5) is 12.1. The minimum Gasteiger partial charge on any atom is -0.459 e. The van der Waals surface area contributed by atoms with E-state index in [9.17, 15) is 4.79 Å². The van der Waals surface area contributed by atoms with Gasteiger partial charge in [-0.2, -0.15) is 0 Å². The van der Waals surface area contributed by atoms with E-state index in [2.05, 4.69) is 0 Å². The molecule has 0 amide bonds. The highest BCUT2D eigenvalue weighted by atomic mass is 16.7. The molecule has 0 N–H and O–H groups in total. The fourth-order valence-corrected chi connectivity index (χ4v) is 2.65. The minimum absolute atomic E-state index is 0.0764. The smallest absolute Gasteiger partial charge is 0.338 e. The number of methoxy groups -OCH3 is 1. The Hall–Kier alpha value is -2.17. The van der Waals surface area contributed by atoms with Crippen LogP contribution in [0.1, 0.15) is 23.2 Å². The zero-order valence-corrected chi connectivity index (χ0v) is 13.1. The minimum atomic E-state index is -0.325. The molecular weight excluding hydrogens is 292 g/mol. The molecule has 1 aliphatic heterocycles. The van der Waals surface area contributed by atoms with Crippen molar-refractivity contribution in [3.63, 3.8) is 0 Å². The maximum Gasteiger partial charge on any atom is 0.338 e. The second-order valence-corrected chi connectivity index (χ2v) is 5.54. The number of hydrogen-bond donors (Lipinski definition) is 0. The van der Waals surface area contributed by atoms with Crippen molar-refractivity contribution in [2.24, 2.45) is 0 Å². The van der Waals surface area contributed by atoms with Gasteiger partial charge in [0, 0.05) is 13.5 Å². The fourth-order valence-electron chi connectivity index (χ4n) is 2.65. The number of benzene rings is 2. The molecule has 1 saturated heterocycles. The highest BCUT2D eigenvalue weighted by Crippen LogP contribution is 2.21. The van der Waals surface area contributed by atoms with Crippen LogP contribution in [-0.2, 0) is 14.2 Å². The first-order chi connectivity index (χ1) is 11.3. The number of rotatable bonds is 5. The Kier molecular flexibility index (Phi) is 5.05. The van der Waals surface area contributed by atoms with Gasteiger partial charge in [0.05, 0.1) is 11.7 Å². The Morgan fingerprint density at radius 2 is 1.74 bits per heavy atom. The molecule has 2 atom stereocenters. The van der Waals surface area contributed by atoms with Gasteiger partial charge in [0.25, 0.3) is 0 Å². The summed E-state index contributed by atoms with van der Waals surface area (Å²) in [5.41, 5.74) is 2.74. The molecule has 0 radical (unpaired) electrons. The molecule has 0 spiro atoms. The molecule has 1 aliphatic rings. The van der Waals surface area contributed by atoms with E-state index in [1.165, 1.54) is 0 Å². The van der Waals surface area contributed by atoms with E-state index in [1.807, 2.05) is 42.5 Å². The molecule has 0 unspecified atom stereocenters. The van der Waals surface area contributed by atoms with Crippen LogP contribution in [0.5, 0.6) is 0 Å². The van der Waals surface area contributed by atoms with Crippen LogP contribution in [0, 0.1) is 0 Å². The van der Waals surface area contributed by atoms with Crippen molar-refractivity contribution < 1.29 is 19.0 Å². The highest BCUT2D eigenvalue weighted by molar-refractivity contribution is 5.90. The number of ether oxygens (including phenoxy) is 3. The molecule has 0 aliphatic carbocycles. The molecule has 0 aromatic heterocycles. The van der Waals surface area contributed by atoms with Crippen molar-refractivity contribution in [3.05, 3.63) is 60.2 Å². The maximum atomic E-state index is 12.1. The molecular formula is C19H20O4. The summed E-state index contributed by atoms with van der Waals surface area (Å²) >= 11 is 0. The van der Waals surface area contributed by atoms with Crippen molar-refractivity contribution in [2.75, 3.05) is 13.7 Å². The first kappa shape index (κ1) is 15.7. The number of hydrogen-bond acceptors (Lipinski definition) is 4.